The zero-order valence-electron chi connectivity index (χ0n) is 57.3. The lowest BCUT2D eigenvalue weighted by Crippen LogP contribution is -2.34. The molecule has 0 radical (unpaired) electrons. The summed E-state index contributed by atoms with van der Waals surface area (Å²) in [5.41, 5.74) is 20.1. The molecule has 101 heavy (non-hydrogen) atoms. The molecule has 1 saturated carbocycles. The van der Waals surface area contributed by atoms with Gasteiger partial charge in [-0.15, -0.1) is 0 Å². The van der Waals surface area contributed by atoms with E-state index >= 15 is 0 Å². The van der Waals surface area contributed by atoms with E-state index in [0.29, 0.717) is 34.7 Å². The molecule has 0 spiro atoms. The topological polar surface area (TPSA) is 278 Å². The Hall–Kier alpha value is -12.6. The zero-order valence-corrected chi connectivity index (χ0v) is 57.3. The molecular weight excluding hydrogens is 1280 g/mol. The molecule has 12 heterocycles. The molecular formula is C77H72N16O8. The standard InChI is InChI=1S/C27H26N6O2.C26H25N5O3.C24H21N5O3/c1-16-24(17(2)35-31-16)19-11-23-25(28-12-19)22(20-13-29-32(3)14-20)15-33(23)26(18-7-5-4-6-8-18)27(34)30-21-9-10-21;1-5-33-26(32)25(18-9-7-6-8-10-18)31-15-21(20-13-28-30(4)14-20)24-22(31)11-19(12-27-24)23-16(2)29-34-17(23)3;1-14-21(15(2)32-27-14)17-9-20-22(25-10-17)19(18-11-26-28(3)12-18)13-29(20)23(24(30)31)16-7-5-4-6-8-16/h4-8,11-15,21,26H,9-10H2,1-3H3,(H,30,34);6-15,25H,5H2,1-4H3;4-13,23H,1-3H3,(H,30,31). The monoisotopic (exact) mass is 1350 g/mol. The summed E-state index contributed by atoms with van der Waals surface area (Å²) in [6.45, 7) is 13.4. The van der Waals surface area contributed by atoms with Crippen molar-refractivity contribution in [2.45, 2.75) is 85.5 Å². The highest BCUT2D eigenvalue weighted by molar-refractivity contribution is 5.99. The highest BCUT2D eigenvalue weighted by Crippen LogP contribution is 2.41. The summed E-state index contributed by atoms with van der Waals surface area (Å²) in [6, 6.07) is 32.9. The number of rotatable bonds is 17. The molecule has 1 amide bonds. The predicted octanol–water partition coefficient (Wildman–Crippen LogP) is 13.8. The molecule has 508 valence electrons. The zero-order chi connectivity index (χ0) is 70.3. The first-order valence-electron chi connectivity index (χ1n) is 33.0. The van der Waals surface area contributed by atoms with Crippen LogP contribution in [0.4, 0.5) is 0 Å². The number of aliphatic carboxylic acids is 1. The van der Waals surface area contributed by atoms with Gasteiger partial charge in [0.05, 0.1) is 75.4 Å². The van der Waals surface area contributed by atoms with Crippen LogP contribution < -0.4 is 5.32 Å². The van der Waals surface area contributed by atoms with Gasteiger partial charge < -0.3 is 42.4 Å². The number of carbonyl (C=O) groups excluding carboxylic acids is 2. The molecule has 0 aliphatic heterocycles. The Morgan fingerprint density at radius 1 is 0.475 bits per heavy atom. The van der Waals surface area contributed by atoms with E-state index in [2.05, 4.69) is 42.1 Å². The van der Waals surface area contributed by atoms with Crippen LogP contribution >= 0.6 is 0 Å². The first-order chi connectivity index (χ1) is 48.9. The fraction of sp³-hybridized carbons (Fsp3) is 0.221. The second-order valence-corrected chi connectivity index (χ2v) is 25.2. The number of amides is 1. The van der Waals surface area contributed by atoms with Crippen LogP contribution in [0.25, 0.3) is 99.9 Å². The molecule has 3 aromatic carbocycles. The van der Waals surface area contributed by atoms with Crippen molar-refractivity contribution in [2.24, 2.45) is 21.1 Å². The van der Waals surface area contributed by atoms with E-state index in [1.165, 1.54) is 0 Å². The molecule has 24 nitrogen and oxygen atoms in total. The van der Waals surface area contributed by atoms with Gasteiger partial charge in [-0.05, 0) is 96.2 Å². The summed E-state index contributed by atoms with van der Waals surface area (Å²) in [6.07, 6.45) is 24.5. The highest BCUT2D eigenvalue weighted by atomic mass is 16.5. The van der Waals surface area contributed by atoms with Crippen LogP contribution in [-0.4, -0.2) is 109 Å². The van der Waals surface area contributed by atoms with Crippen LogP contribution in [0.2, 0.25) is 0 Å². The van der Waals surface area contributed by atoms with Crippen molar-refractivity contribution in [2.75, 3.05) is 6.61 Å². The molecule has 15 aromatic rings. The molecule has 1 aliphatic rings. The molecule has 1 aliphatic carbocycles. The van der Waals surface area contributed by atoms with Gasteiger partial charge in [-0.3, -0.25) is 33.8 Å². The summed E-state index contributed by atoms with van der Waals surface area (Å²) in [5.74, 6) is 0.845. The number of carboxylic acid groups (broad SMARTS) is 1. The molecule has 12 aromatic heterocycles. The van der Waals surface area contributed by atoms with E-state index in [1.54, 1.807) is 37.2 Å². The number of aryl methyl sites for hydroxylation is 9. The number of nitrogens with zero attached hydrogens (tertiary/aromatic N) is 15. The van der Waals surface area contributed by atoms with Gasteiger partial charge in [0.25, 0.3) is 0 Å². The van der Waals surface area contributed by atoms with Gasteiger partial charge in [0.1, 0.15) is 23.3 Å². The summed E-state index contributed by atoms with van der Waals surface area (Å²) in [4.78, 5) is 53.7. The van der Waals surface area contributed by atoms with Gasteiger partial charge in [-0.2, -0.15) is 15.3 Å². The summed E-state index contributed by atoms with van der Waals surface area (Å²) in [7, 11) is 5.61. The average molecular weight is 1350 g/mol. The van der Waals surface area contributed by atoms with Crippen LogP contribution in [0.3, 0.4) is 0 Å². The first-order valence-corrected chi connectivity index (χ1v) is 33.0. The van der Waals surface area contributed by atoms with E-state index in [1.807, 2.05) is 238 Å². The molecule has 3 atom stereocenters. The number of ether oxygens (including phenoxy) is 1. The number of hydrogen-bond donors (Lipinski definition) is 2. The van der Waals surface area contributed by atoms with E-state index < -0.39 is 24.1 Å². The van der Waals surface area contributed by atoms with E-state index in [4.69, 9.17) is 33.3 Å². The van der Waals surface area contributed by atoms with Gasteiger partial charge in [0, 0.05) is 150 Å². The lowest BCUT2D eigenvalue weighted by Gasteiger charge is -2.20. The maximum absolute atomic E-state index is 13.6. The number of carbonyl (C=O) groups is 3. The minimum atomic E-state index is -0.950. The van der Waals surface area contributed by atoms with Gasteiger partial charge in [-0.1, -0.05) is 106 Å². The van der Waals surface area contributed by atoms with Gasteiger partial charge in [-0.25, -0.2) is 9.59 Å². The minimum absolute atomic E-state index is 0.0175. The molecule has 16 rings (SSSR count). The number of esters is 1. The van der Waals surface area contributed by atoms with Crippen molar-refractivity contribution in [3.63, 3.8) is 0 Å². The Labute approximate surface area is 579 Å². The number of benzene rings is 3. The van der Waals surface area contributed by atoms with Crippen LogP contribution in [0.5, 0.6) is 0 Å². The Balaban J connectivity index is 0.000000129. The highest BCUT2D eigenvalue weighted by Gasteiger charge is 2.33. The normalized spacial score (nSPS) is 13.0. The van der Waals surface area contributed by atoms with E-state index in [-0.39, 0.29) is 17.9 Å². The lowest BCUT2D eigenvalue weighted by atomic mass is 10.0. The maximum atomic E-state index is 13.6. The second kappa shape index (κ2) is 27.4. The number of carboxylic acids is 1. The number of nitrogens with one attached hydrogen (secondary N) is 1. The summed E-state index contributed by atoms with van der Waals surface area (Å²) < 4.78 is 32.6. The number of fused-ring (bicyclic) bond motifs is 3. The predicted molar refractivity (Wildman–Crippen MR) is 380 cm³/mol. The van der Waals surface area contributed by atoms with Crippen LogP contribution in [0, 0.1) is 41.5 Å². The van der Waals surface area contributed by atoms with Crippen molar-refractivity contribution in [3.8, 4) is 66.8 Å². The molecule has 2 N–H and O–H groups in total. The first kappa shape index (κ1) is 65.7. The molecule has 3 unspecified atom stereocenters. The van der Waals surface area contributed by atoms with Crippen molar-refractivity contribution >= 4 is 50.9 Å². The number of hydrogen-bond acceptors (Lipinski definition) is 16. The Bertz CT molecular complexity index is 5490. The van der Waals surface area contributed by atoms with Crippen molar-refractivity contribution in [3.05, 3.63) is 235 Å². The van der Waals surface area contributed by atoms with E-state index in [9.17, 15) is 19.5 Å². The van der Waals surface area contributed by atoms with Gasteiger partial charge >= 0.3 is 11.9 Å². The van der Waals surface area contributed by atoms with Crippen molar-refractivity contribution in [1.29, 1.82) is 0 Å². The summed E-state index contributed by atoms with van der Waals surface area (Å²) in [5, 5.41) is 38.6. The smallest absolute Gasteiger partial charge is 0.333 e. The Kier molecular flexibility index (Phi) is 17.8. The van der Waals surface area contributed by atoms with Gasteiger partial charge in [0.15, 0.2) is 12.1 Å². The second-order valence-electron chi connectivity index (χ2n) is 25.2. The number of aromatic nitrogens is 15. The lowest BCUT2D eigenvalue weighted by molar-refractivity contribution is -0.145. The van der Waals surface area contributed by atoms with Crippen LogP contribution in [-0.2, 0) is 40.3 Å². The van der Waals surface area contributed by atoms with Gasteiger partial charge in [0.2, 0.25) is 5.91 Å². The third-order valence-corrected chi connectivity index (χ3v) is 18.1. The third-order valence-electron chi connectivity index (χ3n) is 18.1. The maximum Gasteiger partial charge on any atom is 0.333 e. The molecule has 24 heteroatoms. The Morgan fingerprint density at radius 2 is 0.812 bits per heavy atom. The fourth-order valence-electron chi connectivity index (χ4n) is 13.3. The SMILES string of the molecule is CCOC(=O)C(c1ccccc1)n1cc(-c2cnn(C)c2)c2ncc(-c3c(C)noc3C)cc21.Cc1noc(C)c1-c1cnc2c(-c3cnn(C)c3)cn(C(C(=O)NC3CC3)c3ccccc3)c2c1.Cc1noc(C)c1-c1cnc2c(-c3cnn(C)c3)cn(C(C(=O)O)c3ccccc3)c2c1. The minimum Gasteiger partial charge on any atom is -0.479 e. The fourth-order valence-corrected chi connectivity index (χ4v) is 13.3. The molecule has 1 fully saturated rings. The quantitative estimate of drug-likeness (QED) is 0.0801. The molecule has 0 saturated heterocycles. The number of pyridine rings is 3. The van der Waals surface area contributed by atoms with Crippen LogP contribution in [0.15, 0.2) is 197 Å². The average Bonchev–Trinajstić information content (AvgIpc) is 1.61. The van der Waals surface area contributed by atoms with E-state index in [0.717, 1.165) is 136 Å². The molecule has 0 bridgehead atoms. The van der Waals surface area contributed by atoms with Crippen LogP contribution in [0.1, 0.15) is 88.9 Å². The third kappa shape index (κ3) is 12.9. The van der Waals surface area contributed by atoms with Crippen molar-refractivity contribution in [1.82, 2.24) is 78.8 Å². The largest absolute Gasteiger partial charge is 0.479 e. The Morgan fingerprint density at radius 3 is 1.12 bits per heavy atom. The summed E-state index contributed by atoms with van der Waals surface area (Å²) >= 11 is 0. The van der Waals surface area contributed by atoms with Crippen molar-refractivity contribution < 1.29 is 37.8 Å².